The predicted octanol–water partition coefficient (Wildman–Crippen LogP) is 0.990. The van der Waals surface area contributed by atoms with Gasteiger partial charge in [-0.3, -0.25) is 9.59 Å². The van der Waals surface area contributed by atoms with Crippen LogP contribution in [0.25, 0.3) is 0 Å². The third kappa shape index (κ3) is 4.02. The van der Waals surface area contributed by atoms with Crippen LogP contribution in [0.5, 0.6) is 5.75 Å². The maximum absolute atomic E-state index is 12.8. The summed E-state index contributed by atoms with van der Waals surface area (Å²) in [6.45, 7) is 5.46. The van der Waals surface area contributed by atoms with Gasteiger partial charge in [0.2, 0.25) is 5.91 Å². The molecule has 2 atom stereocenters. The Morgan fingerprint density at radius 2 is 1.97 bits per heavy atom. The first kappa shape index (κ1) is 20.3. The number of hydrogen-bond donors (Lipinski definition) is 1. The molecule has 2 aliphatic rings. The van der Waals surface area contributed by atoms with Crippen LogP contribution in [0.2, 0.25) is 0 Å². The maximum Gasteiger partial charge on any atom is 0.261 e. The van der Waals surface area contributed by atoms with E-state index in [9.17, 15) is 14.7 Å². The van der Waals surface area contributed by atoms with Gasteiger partial charge in [-0.1, -0.05) is 32.0 Å². The first-order chi connectivity index (χ1) is 14.4. The van der Waals surface area contributed by atoms with Gasteiger partial charge in [-0.15, -0.1) is 10.2 Å². The number of rotatable bonds is 5. The van der Waals surface area contributed by atoms with E-state index >= 15 is 0 Å². The topological polar surface area (TPSA) is 101 Å². The minimum absolute atomic E-state index is 0.0679. The maximum atomic E-state index is 12.8. The third-order valence-electron chi connectivity index (χ3n) is 5.59. The van der Waals surface area contributed by atoms with Crippen LogP contribution in [0.1, 0.15) is 38.0 Å². The molecule has 4 rings (SSSR count). The highest BCUT2D eigenvalue weighted by atomic mass is 16.5. The van der Waals surface area contributed by atoms with Crippen LogP contribution in [-0.4, -0.2) is 67.3 Å². The van der Waals surface area contributed by atoms with Crippen molar-refractivity contribution in [3.05, 3.63) is 42.0 Å². The molecule has 160 valence electrons. The molecular formula is C21H27N5O4. The van der Waals surface area contributed by atoms with Gasteiger partial charge >= 0.3 is 0 Å². The number of hydrogen-bond acceptors (Lipinski definition) is 6. The lowest BCUT2D eigenvalue weighted by molar-refractivity contribution is -0.136. The fraction of sp³-hybridized carbons (Fsp3) is 0.524. The van der Waals surface area contributed by atoms with Gasteiger partial charge in [-0.05, 0) is 12.1 Å². The Bertz CT molecular complexity index is 913. The first-order valence-electron chi connectivity index (χ1n) is 10.3. The Hall–Kier alpha value is -2.94. The van der Waals surface area contributed by atoms with Gasteiger partial charge in [0.25, 0.3) is 5.91 Å². The van der Waals surface area contributed by atoms with Crippen molar-refractivity contribution in [2.24, 2.45) is 5.92 Å². The second-order valence-electron chi connectivity index (χ2n) is 8.09. The molecule has 1 N–H and O–H groups in total. The zero-order valence-electron chi connectivity index (χ0n) is 17.3. The van der Waals surface area contributed by atoms with Crippen molar-refractivity contribution >= 4 is 11.8 Å². The third-order valence-corrected chi connectivity index (χ3v) is 5.59. The van der Waals surface area contributed by atoms with Crippen LogP contribution >= 0.6 is 0 Å². The molecule has 1 aromatic heterocycles. The number of aromatic nitrogens is 3. The van der Waals surface area contributed by atoms with Crippen LogP contribution in [0.15, 0.2) is 30.3 Å². The fourth-order valence-corrected chi connectivity index (χ4v) is 4.06. The number of amides is 2. The van der Waals surface area contributed by atoms with E-state index < -0.39 is 6.10 Å². The molecule has 1 fully saturated rings. The van der Waals surface area contributed by atoms with Crippen LogP contribution in [-0.2, 0) is 22.7 Å². The summed E-state index contributed by atoms with van der Waals surface area (Å²) in [5, 5.41) is 18.8. The smallest absolute Gasteiger partial charge is 0.261 e. The van der Waals surface area contributed by atoms with Crippen molar-refractivity contribution in [2.75, 3.05) is 19.7 Å². The van der Waals surface area contributed by atoms with E-state index in [2.05, 4.69) is 10.2 Å². The highest BCUT2D eigenvalue weighted by Gasteiger charge is 2.39. The molecule has 0 aliphatic carbocycles. The molecule has 9 heteroatoms. The SMILES string of the molecule is CC(C)C(=O)N1CCn2c(nnc2[C@@H]2C[C@H](O)CN2C(=O)COc2ccccc2)C1. The van der Waals surface area contributed by atoms with Gasteiger partial charge in [0.15, 0.2) is 18.3 Å². The number of aliphatic hydroxyl groups excluding tert-OH is 1. The summed E-state index contributed by atoms with van der Waals surface area (Å²) in [5.74, 6) is 1.81. The molecule has 2 aromatic rings. The minimum Gasteiger partial charge on any atom is -0.484 e. The molecule has 9 nitrogen and oxygen atoms in total. The Morgan fingerprint density at radius 3 is 2.70 bits per heavy atom. The average molecular weight is 413 g/mol. The molecule has 0 radical (unpaired) electrons. The van der Waals surface area contributed by atoms with E-state index in [0.717, 1.165) is 0 Å². The molecule has 30 heavy (non-hydrogen) atoms. The minimum atomic E-state index is -0.619. The molecule has 0 bridgehead atoms. The lowest BCUT2D eigenvalue weighted by atomic mass is 10.1. The number of β-amino-alcohol motifs (C(OH)–C–C–N with tert-alkyl or cyclic N) is 1. The van der Waals surface area contributed by atoms with Gasteiger partial charge in [0.1, 0.15) is 5.75 Å². The zero-order valence-corrected chi connectivity index (χ0v) is 17.3. The Morgan fingerprint density at radius 1 is 1.20 bits per heavy atom. The molecular weight excluding hydrogens is 386 g/mol. The Balaban J connectivity index is 1.48. The average Bonchev–Trinajstić information content (AvgIpc) is 3.34. The van der Waals surface area contributed by atoms with Crippen molar-refractivity contribution in [3.8, 4) is 5.75 Å². The highest BCUT2D eigenvalue weighted by Crippen LogP contribution is 2.32. The largest absolute Gasteiger partial charge is 0.484 e. The monoisotopic (exact) mass is 413 g/mol. The van der Waals surface area contributed by atoms with E-state index in [0.29, 0.717) is 43.5 Å². The predicted molar refractivity (Wildman–Crippen MR) is 107 cm³/mol. The second-order valence-corrected chi connectivity index (χ2v) is 8.09. The van der Waals surface area contributed by atoms with E-state index in [1.165, 1.54) is 0 Å². The number of aliphatic hydroxyl groups is 1. The molecule has 0 unspecified atom stereocenters. The summed E-state index contributed by atoms with van der Waals surface area (Å²) in [4.78, 5) is 28.6. The molecule has 1 saturated heterocycles. The normalized spacial score (nSPS) is 21.1. The standard InChI is InChI=1S/C21H27N5O4/c1-14(2)21(29)24-8-9-25-18(12-24)22-23-20(25)17-10-15(27)11-26(17)19(28)13-30-16-6-4-3-5-7-16/h3-7,14-15,17,27H,8-13H2,1-2H3/t15-,17-/m0/s1. The highest BCUT2D eigenvalue weighted by molar-refractivity contribution is 5.79. The summed E-state index contributed by atoms with van der Waals surface area (Å²) in [6.07, 6.45) is -0.213. The number of fused-ring (bicyclic) bond motifs is 1. The lowest BCUT2D eigenvalue weighted by Gasteiger charge is -2.30. The molecule has 1 aromatic carbocycles. The van der Waals surface area contributed by atoms with Gasteiger partial charge in [0, 0.05) is 32.0 Å². The summed E-state index contributed by atoms with van der Waals surface area (Å²) in [5.41, 5.74) is 0. The molecule has 0 spiro atoms. The van der Waals surface area contributed by atoms with Crippen LogP contribution in [0, 0.1) is 5.92 Å². The van der Waals surface area contributed by atoms with E-state index in [-0.39, 0.29) is 36.9 Å². The van der Waals surface area contributed by atoms with Crippen LogP contribution in [0.4, 0.5) is 0 Å². The van der Waals surface area contributed by atoms with Gasteiger partial charge in [-0.2, -0.15) is 0 Å². The van der Waals surface area contributed by atoms with Crippen LogP contribution < -0.4 is 4.74 Å². The first-order valence-corrected chi connectivity index (χ1v) is 10.3. The van der Waals surface area contributed by atoms with Crippen molar-refractivity contribution in [3.63, 3.8) is 0 Å². The van der Waals surface area contributed by atoms with Crippen molar-refractivity contribution in [1.82, 2.24) is 24.6 Å². The lowest BCUT2D eigenvalue weighted by Crippen LogP contribution is -2.41. The quantitative estimate of drug-likeness (QED) is 0.785. The van der Waals surface area contributed by atoms with Crippen LogP contribution in [0.3, 0.4) is 0 Å². The van der Waals surface area contributed by atoms with E-state index in [4.69, 9.17) is 4.74 Å². The van der Waals surface area contributed by atoms with Crippen molar-refractivity contribution in [2.45, 2.75) is 45.5 Å². The molecule has 2 aliphatic heterocycles. The summed E-state index contributed by atoms with van der Waals surface area (Å²) >= 11 is 0. The summed E-state index contributed by atoms with van der Waals surface area (Å²) < 4.78 is 7.57. The number of benzene rings is 1. The van der Waals surface area contributed by atoms with Gasteiger partial charge in [-0.25, -0.2) is 0 Å². The molecule has 0 saturated carbocycles. The second kappa shape index (κ2) is 8.43. The number of carbonyl (C=O) groups is 2. The molecule has 3 heterocycles. The molecule has 2 amide bonds. The van der Waals surface area contributed by atoms with E-state index in [1.54, 1.807) is 21.9 Å². The van der Waals surface area contributed by atoms with Crippen molar-refractivity contribution in [1.29, 1.82) is 0 Å². The fourth-order valence-electron chi connectivity index (χ4n) is 4.06. The van der Waals surface area contributed by atoms with Gasteiger partial charge in [0.05, 0.1) is 18.7 Å². The van der Waals surface area contributed by atoms with E-state index in [1.807, 2.05) is 36.6 Å². The Labute approximate surface area is 175 Å². The van der Waals surface area contributed by atoms with Gasteiger partial charge < -0.3 is 24.2 Å². The zero-order chi connectivity index (χ0) is 21.3. The Kier molecular flexibility index (Phi) is 5.72. The number of carbonyl (C=O) groups excluding carboxylic acids is 2. The number of para-hydroxylation sites is 1. The van der Waals surface area contributed by atoms with Crippen molar-refractivity contribution < 1.29 is 19.4 Å². The number of ether oxygens (including phenoxy) is 1. The summed E-state index contributed by atoms with van der Waals surface area (Å²) in [7, 11) is 0. The number of likely N-dealkylation sites (tertiary alicyclic amines) is 1. The number of nitrogens with zero attached hydrogens (tertiary/aromatic N) is 5. The summed E-state index contributed by atoms with van der Waals surface area (Å²) in [6, 6.07) is 8.80.